The molecule has 0 amide bonds. The zero-order valence-electron chi connectivity index (χ0n) is 3.97. The van der Waals surface area contributed by atoms with E-state index >= 15 is 0 Å². The molecule has 0 rings (SSSR count). The van der Waals surface area contributed by atoms with Crippen molar-refractivity contribution in [3.05, 3.63) is 8.25 Å². The molecule has 0 radical (unpaired) electrons. The minimum atomic E-state index is 0.316. The van der Waals surface area contributed by atoms with Gasteiger partial charge < -0.3 is 0 Å². The summed E-state index contributed by atoms with van der Waals surface area (Å²) in [6.07, 6.45) is 0. The fourth-order valence-electron chi connectivity index (χ4n) is 0.111. The van der Waals surface area contributed by atoms with Crippen LogP contribution in [0.1, 0.15) is 0 Å². The van der Waals surface area contributed by atoms with Crippen molar-refractivity contribution < 1.29 is 0 Å². The van der Waals surface area contributed by atoms with Gasteiger partial charge in [0.2, 0.25) is 0 Å². The Hall–Kier alpha value is 1.32. The van der Waals surface area contributed by atoms with E-state index in [1.165, 1.54) is 0 Å². The van der Waals surface area contributed by atoms with Gasteiger partial charge in [-0.15, -0.1) is 0 Å². The van der Waals surface area contributed by atoms with Crippen LogP contribution in [0.4, 0.5) is 0 Å². The number of hydrogen-bond acceptors (Lipinski definition) is 0. The predicted octanol–water partition coefficient (Wildman–Crippen LogP) is 0.962. The molecular formula is C4H8Te2. The first-order valence-corrected chi connectivity index (χ1v) is 8.97. The van der Waals surface area contributed by atoms with Gasteiger partial charge in [-0.2, -0.15) is 0 Å². The Labute approximate surface area is 59.6 Å². The predicted molar refractivity (Wildman–Crippen MR) is 32.4 cm³/mol. The second-order valence-corrected chi connectivity index (χ2v) is 4.99. The molecule has 0 spiro atoms. The number of rotatable bonds is 2. The molecule has 0 unspecified atom stereocenters. The molecule has 0 aromatic rings. The quantitative estimate of drug-likeness (QED) is 0.667. The summed E-state index contributed by atoms with van der Waals surface area (Å²) in [6.45, 7) is 0. The molecule has 0 aromatic carbocycles. The van der Waals surface area contributed by atoms with E-state index in [1.807, 2.05) is 0 Å². The summed E-state index contributed by atoms with van der Waals surface area (Å²) in [7, 11) is 0. The van der Waals surface area contributed by atoms with Crippen LogP contribution in [0.5, 0.6) is 0 Å². The molecule has 0 aliphatic heterocycles. The summed E-state index contributed by atoms with van der Waals surface area (Å²) < 4.78 is 4.74. The second-order valence-electron chi connectivity index (χ2n) is 0.744. The molecule has 36 valence electrons. The monoisotopic (exact) mass is 316 g/mol. The maximum absolute atomic E-state index is 2.37. The van der Waals surface area contributed by atoms with Crippen molar-refractivity contribution in [3.8, 4) is 0 Å². The third-order valence-electron chi connectivity index (χ3n) is 0.328. The molecule has 0 N–H and O–H groups in total. The van der Waals surface area contributed by atoms with E-state index in [9.17, 15) is 0 Å². The molecule has 0 aliphatic rings. The molecule has 0 bridgehead atoms. The van der Waals surface area contributed by atoms with Crippen molar-refractivity contribution >= 4 is 41.8 Å². The van der Waals surface area contributed by atoms with Gasteiger partial charge in [0, 0.05) is 0 Å². The van der Waals surface area contributed by atoms with Gasteiger partial charge in [-0.05, 0) is 0 Å². The first-order valence-electron chi connectivity index (χ1n) is 1.62. The summed E-state index contributed by atoms with van der Waals surface area (Å²) in [4.78, 5) is 4.59. The van der Waals surface area contributed by atoms with Gasteiger partial charge in [0.25, 0.3) is 0 Å². The van der Waals surface area contributed by atoms with Crippen LogP contribution in [0.3, 0.4) is 0 Å². The van der Waals surface area contributed by atoms with Crippen molar-refractivity contribution in [2.45, 2.75) is 9.94 Å². The van der Waals surface area contributed by atoms with Gasteiger partial charge in [-0.3, -0.25) is 0 Å². The van der Waals surface area contributed by atoms with E-state index in [2.05, 4.69) is 18.2 Å². The Bertz CT molecular complexity index is 34.8. The maximum atomic E-state index is 2.37. The molecule has 0 saturated heterocycles. The third-order valence-corrected chi connectivity index (χ3v) is 4.33. The molecule has 0 aromatic heterocycles. The number of hydrogen-bond donors (Lipinski definition) is 0. The average molecular weight is 311 g/mol. The molecule has 0 atom stereocenters. The van der Waals surface area contributed by atoms with E-state index in [-0.39, 0.29) is 0 Å². The summed E-state index contributed by atoms with van der Waals surface area (Å²) in [5, 5.41) is 0. The SMILES string of the molecule is C[Te]C=C[Te]C. The van der Waals surface area contributed by atoms with Crippen molar-refractivity contribution in [2.24, 2.45) is 0 Å². The van der Waals surface area contributed by atoms with Crippen LogP contribution in [0.25, 0.3) is 0 Å². The first-order chi connectivity index (χ1) is 2.91. The molecule has 0 nitrogen and oxygen atoms in total. The van der Waals surface area contributed by atoms with E-state index in [0.717, 1.165) is 0 Å². The van der Waals surface area contributed by atoms with Crippen LogP contribution < -0.4 is 0 Å². The van der Waals surface area contributed by atoms with Gasteiger partial charge in [-0.25, -0.2) is 0 Å². The summed E-state index contributed by atoms with van der Waals surface area (Å²) in [6, 6.07) is 0. The van der Waals surface area contributed by atoms with Crippen molar-refractivity contribution in [3.63, 3.8) is 0 Å². The Balaban J connectivity index is 2.73. The first kappa shape index (κ1) is 7.32. The Morgan fingerprint density at radius 1 is 1.00 bits per heavy atom. The normalized spacial score (nSPS) is 10.3. The molecule has 0 saturated carbocycles. The van der Waals surface area contributed by atoms with Crippen LogP contribution in [0.15, 0.2) is 8.25 Å². The van der Waals surface area contributed by atoms with Gasteiger partial charge in [-0.1, -0.05) is 0 Å². The zero-order chi connectivity index (χ0) is 4.83. The molecule has 2 heteroatoms. The van der Waals surface area contributed by atoms with Crippen LogP contribution >= 0.6 is 0 Å². The summed E-state index contributed by atoms with van der Waals surface area (Å²) in [5.74, 6) is 0. The van der Waals surface area contributed by atoms with Crippen molar-refractivity contribution in [2.75, 3.05) is 0 Å². The van der Waals surface area contributed by atoms with Crippen LogP contribution in [-0.4, -0.2) is 41.8 Å². The molecule has 0 fully saturated rings. The van der Waals surface area contributed by atoms with E-state index in [0.29, 0.717) is 41.8 Å². The van der Waals surface area contributed by atoms with Crippen LogP contribution in [-0.2, 0) is 0 Å². The Kier molecular flexibility index (Phi) is 7.71. The zero-order valence-corrected chi connectivity index (χ0v) is 8.63. The van der Waals surface area contributed by atoms with E-state index in [4.69, 9.17) is 0 Å². The van der Waals surface area contributed by atoms with Gasteiger partial charge >= 0.3 is 60.0 Å². The van der Waals surface area contributed by atoms with Crippen LogP contribution in [0.2, 0.25) is 9.94 Å². The fourth-order valence-corrected chi connectivity index (χ4v) is 5.00. The Morgan fingerprint density at radius 2 is 1.33 bits per heavy atom. The molecule has 0 heterocycles. The van der Waals surface area contributed by atoms with Gasteiger partial charge in [0.05, 0.1) is 0 Å². The third kappa shape index (κ3) is 5.32. The fraction of sp³-hybridized carbons (Fsp3) is 0.500. The van der Waals surface area contributed by atoms with Gasteiger partial charge in [0.1, 0.15) is 0 Å². The van der Waals surface area contributed by atoms with Crippen molar-refractivity contribution in [1.29, 1.82) is 0 Å². The molecule has 6 heavy (non-hydrogen) atoms. The van der Waals surface area contributed by atoms with Gasteiger partial charge in [0.15, 0.2) is 0 Å². The van der Waals surface area contributed by atoms with Crippen LogP contribution in [0, 0.1) is 0 Å². The summed E-state index contributed by atoms with van der Waals surface area (Å²) >= 11 is 0.632. The standard InChI is InChI=1S/C4H8Te2/c1-5-3-4-6-2/h3-4H,1-2H3. The van der Waals surface area contributed by atoms with Crippen molar-refractivity contribution in [1.82, 2.24) is 0 Å². The average Bonchev–Trinajstić information content (AvgIpc) is 1.61. The minimum absolute atomic E-state index is 0.316. The van der Waals surface area contributed by atoms with E-state index in [1.54, 1.807) is 0 Å². The second kappa shape index (κ2) is 6.32. The molecule has 0 aliphatic carbocycles. The topological polar surface area (TPSA) is 0 Å². The Morgan fingerprint density at radius 3 is 1.50 bits per heavy atom. The summed E-state index contributed by atoms with van der Waals surface area (Å²) in [5.41, 5.74) is 0. The van der Waals surface area contributed by atoms with E-state index < -0.39 is 0 Å². The molecular weight excluding hydrogens is 303 g/mol.